The van der Waals surface area contributed by atoms with E-state index in [0.29, 0.717) is 37.1 Å². The number of aromatic nitrogens is 3. The van der Waals surface area contributed by atoms with Gasteiger partial charge in [0.05, 0.1) is 12.2 Å². The maximum absolute atomic E-state index is 12.3. The summed E-state index contributed by atoms with van der Waals surface area (Å²) < 4.78 is 7.28. The highest BCUT2D eigenvalue weighted by Gasteiger charge is 2.28. The summed E-state index contributed by atoms with van der Waals surface area (Å²) in [6.45, 7) is 3.55. The number of aryl methyl sites for hydroxylation is 2. The molecule has 0 atom stereocenters. The molecule has 1 N–H and O–H groups in total. The van der Waals surface area contributed by atoms with Crippen LogP contribution in [0.3, 0.4) is 0 Å². The molecule has 126 valence electrons. The largest absolute Gasteiger partial charge is 0.424 e. The third-order valence-electron chi connectivity index (χ3n) is 4.34. The quantitative estimate of drug-likeness (QED) is 0.903. The molecule has 0 saturated carbocycles. The third-order valence-corrected chi connectivity index (χ3v) is 4.34. The Kier molecular flexibility index (Phi) is 4.51. The molecule has 0 aromatic carbocycles. The lowest BCUT2D eigenvalue weighted by Crippen LogP contribution is -2.40. The zero-order valence-electron chi connectivity index (χ0n) is 13.8. The van der Waals surface area contributed by atoms with Gasteiger partial charge in [-0.3, -0.25) is 9.48 Å². The molecular weight excluding hydrogens is 308 g/mol. The molecule has 8 nitrogen and oxygen atoms in total. The van der Waals surface area contributed by atoms with Crippen LogP contribution in [0.1, 0.15) is 30.1 Å². The van der Waals surface area contributed by atoms with Gasteiger partial charge >= 0.3 is 0 Å². The van der Waals surface area contributed by atoms with E-state index in [1.54, 1.807) is 17.8 Å². The summed E-state index contributed by atoms with van der Waals surface area (Å²) in [5, 5.41) is 16.2. The van der Waals surface area contributed by atoms with Crippen molar-refractivity contribution in [2.45, 2.75) is 26.3 Å². The highest BCUT2D eigenvalue weighted by Crippen LogP contribution is 2.27. The Bertz CT molecular complexity index is 764. The minimum absolute atomic E-state index is 0.0240. The van der Waals surface area contributed by atoms with Crippen LogP contribution in [0.5, 0.6) is 0 Å². The topological polar surface area (TPSA) is 100.0 Å². The number of amides is 1. The van der Waals surface area contributed by atoms with Crippen LogP contribution >= 0.6 is 0 Å². The van der Waals surface area contributed by atoms with Crippen molar-refractivity contribution in [1.29, 1.82) is 5.26 Å². The summed E-state index contributed by atoms with van der Waals surface area (Å²) in [6.07, 6.45) is 3.16. The standard InChI is InChI=1S/C16H20N6O2/c1-11-20-14(9-17)16(24-11)22-7-4-12(5-8-22)15(23)18-10-13-3-6-19-21(13)2/h3,6,12H,4-5,7-8,10H2,1-2H3,(H,18,23). The second-order valence-corrected chi connectivity index (χ2v) is 5.92. The first-order valence-corrected chi connectivity index (χ1v) is 7.95. The van der Waals surface area contributed by atoms with Gasteiger partial charge in [-0.1, -0.05) is 0 Å². The molecule has 0 bridgehead atoms. The van der Waals surface area contributed by atoms with Crippen LogP contribution in [-0.4, -0.2) is 33.8 Å². The van der Waals surface area contributed by atoms with Crippen LogP contribution in [-0.2, 0) is 18.4 Å². The summed E-state index contributed by atoms with van der Waals surface area (Å²) in [7, 11) is 1.85. The third kappa shape index (κ3) is 3.25. The summed E-state index contributed by atoms with van der Waals surface area (Å²) >= 11 is 0. The number of hydrogen-bond donors (Lipinski definition) is 1. The SMILES string of the molecule is Cc1nc(C#N)c(N2CCC(C(=O)NCc3ccnn3C)CC2)o1. The number of anilines is 1. The minimum Gasteiger partial charge on any atom is -0.424 e. The number of nitrogens with zero attached hydrogens (tertiary/aromatic N) is 5. The van der Waals surface area contributed by atoms with E-state index in [9.17, 15) is 4.79 Å². The number of piperidine rings is 1. The average Bonchev–Trinajstić information content (AvgIpc) is 3.18. The summed E-state index contributed by atoms with van der Waals surface area (Å²) in [5.74, 6) is 1.04. The lowest BCUT2D eigenvalue weighted by molar-refractivity contribution is -0.125. The van der Waals surface area contributed by atoms with E-state index in [2.05, 4.69) is 21.5 Å². The summed E-state index contributed by atoms with van der Waals surface area (Å²) in [5.41, 5.74) is 1.28. The molecule has 1 aliphatic rings. The van der Waals surface area contributed by atoms with Crippen molar-refractivity contribution in [2.24, 2.45) is 13.0 Å². The van der Waals surface area contributed by atoms with E-state index in [4.69, 9.17) is 9.68 Å². The smallest absolute Gasteiger partial charge is 0.234 e. The summed E-state index contributed by atoms with van der Waals surface area (Å²) in [6, 6.07) is 3.94. The van der Waals surface area contributed by atoms with Gasteiger partial charge in [0.1, 0.15) is 6.07 Å². The van der Waals surface area contributed by atoms with E-state index in [-0.39, 0.29) is 11.8 Å². The van der Waals surface area contributed by atoms with Gasteiger partial charge in [0.15, 0.2) is 5.89 Å². The van der Waals surface area contributed by atoms with Crippen LogP contribution in [0.2, 0.25) is 0 Å². The molecule has 1 fully saturated rings. The van der Waals surface area contributed by atoms with Crippen LogP contribution in [0.15, 0.2) is 16.7 Å². The Morgan fingerprint density at radius 1 is 1.50 bits per heavy atom. The Labute approximate surface area is 140 Å². The number of nitrogens with one attached hydrogen (secondary N) is 1. The Balaban J connectivity index is 1.54. The maximum Gasteiger partial charge on any atom is 0.234 e. The molecule has 2 aromatic heterocycles. The molecule has 0 unspecified atom stereocenters. The average molecular weight is 328 g/mol. The number of hydrogen-bond acceptors (Lipinski definition) is 6. The lowest BCUT2D eigenvalue weighted by atomic mass is 9.96. The molecule has 3 rings (SSSR count). The minimum atomic E-state index is -0.0240. The summed E-state index contributed by atoms with van der Waals surface area (Å²) in [4.78, 5) is 18.4. The van der Waals surface area contributed by atoms with Crippen molar-refractivity contribution in [3.05, 3.63) is 29.5 Å². The van der Waals surface area contributed by atoms with Crippen molar-refractivity contribution < 1.29 is 9.21 Å². The predicted molar refractivity (Wildman–Crippen MR) is 85.9 cm³/mol. The number of carbonyl (C=O) groups excluding carboxylic acids is 1. The van der Waals surface area contributed by atoms with Gasteiger partial charge in [-0.05, 0) is 18.9 Å². The second kappa shape index (κ2) is 6.74. The molecule has 0 radical (unpaired) electrons. The molecule has 0 aliphatic carbocycles. The molecule has 1 amide bonds. The van der Waals surface area contributed by atoms with Crippen molar-refractivity contribution in [3.63, 3.8) is 0 Å². The van der Waals surface area contributed by atoms with Gasteiger partial charge < -0.3 is 14.6 Å². The molecule has 0 spiro atoms. The Hall–Kier alpha value is -2.82. The Morgan fingerprint density at radius 2 is 2.25 bits per heavy atom. The van der Waals surface area contributed by atoms with Crippen LogP contribution < -0.4 is 10.2 Å². The van der Waals surface area contributed by atoms with Crippen molar-refractivity contribution in [2.75, 3.05) is 18.0 Å². The van der Waals surface area contributed by atoms with Gasteiger partial charge in [0.25, 0.3) is 0 Å². The fourth-order valence-corrected chi connectivity index (χ4v) is 2.94. The van der Waals surface area contributed by atoms with Gasteiger partial charge in [-0.2, -0.15) is 10.4 Å². The molecule has 3 heterocycles. The zero-order chi connectivity index (χ0) is 17.1. The number of oxazole rings is 1. The van der Waals surface area contributed by atoms with Crippen LogP contribution in [0.4, 0.5) is 5.88 Å². The predicted octanol–water partition coefficient (Wildman–Crippen LogP) is 1.12. The van der Waals surface area contributed by atoms with E-state index in [0.717, 1.165) is 18.5 Å². The highest BCUT2D eigenvalue weighted by atomic mass is 16.4. The fraction of sp³-hybridized carbons (Fsp3) is 0.500. The van der Waals surface area contributed by atoms with E-state index in [1.807, 2.05) is 18.0 Å². The highest BCUT2D eigenvalue weighted by molar-refractivity contribution is 5.78. The van der Waals surface area contributed by atoms with Crippen molar-refractivity contribution in [3.8, 4) is 6.07 Å². The number of nitriles is 1. The zero-order valence-corrected chi connectivity index (χ0v) is 13.8. The normalized spacial score (nSPS) is 15.3. The fourth-order valence-electron chi connectivity index (χ4n) is 2.94. The molecule has 24 heavy (non-hydrogen) atoms. The lowest BCUT2D eigenvalue weighted by Gasteiger charge is -2.30. The van der Waals surface area contributed by atoms with Crippen molar-refractivity contribution >= 4 is 11.8 Å². The number of carbonyl (C=O) groups is 1. The molecule has 1 saturated heterocycles. The van der Waals surface area contributed by atoms with Gasteiger partial charge in [0, 0.05) is 39.2 Å². The van der Waals surface area contributed by atoms with Gasteiger partial charge in [-0.25, -0.2) is 4.98 Å². The molecular formula is C16H20N6O2. The van der Waals surface area contributed by atoms with Crippen molar-refractivity contribution in [1.82, 2.24) is 20.1 Å². The second-order valence-electron chi connectivity index (χ2n) is 5.92. The molecule has 2 aromatic rings. The molecule has 1 aliphatic heterocycles. The van der Waals surface area contributed by atoms with Gasteiger partial charge in [0.2, 0.25) is 17.5 Å². The molecule has 8 heteroatoms. The van der Waals surface area contributed by atoms with E-state index < -0.39 is 0 Å². The first-order chi connectivity index (χ1) is 11.6. The van der Waals surface area contributed by atoms with E-state index in [1.165, 1.54) is 0 Å². The maximum atomic E-state index is 12.3. The van der Waals surface area contributed by atoms with E-state index >= 15 is 0 Å². The first-order valence-electron chi connectivity index (χ1n) is 7.95. The Morgan fingerprint density at radius 3 is 2.88 bits per heavy atom. The number of rotatable bonds is 4. The van der Waals surface area contributed by atoms with Crippen LogP contribution in [0, 0.1) is 24.2 Å². The monoisotopic (exact) mass is 328 g/mol. The first kappa shape index (κ1) is 16.1. The van der Waals surface area contributed by atoms with Crippen LogP contribution in [0.25, 0.3) is 0 Å². The van der Waals surface area contributed by atoms with Gasteiger partial charge in [-0.15, -0.1) is 0 Å².